The molecule has 2 aromatic rings. The Hall–Kier alpha value is -3.17. The van der Waals surface area contributed by atoms with Gasteiger partial charge in [-0.25, -0.2) is 5.43 Å². The first kappa shape index (κ1) is 20.1. The first-order valence-corrected chi connectivity index (χ1v) is 7.41. The average Bonchev–Trinajstić information content (AvgIpc) is 2.60. The lowest BCUT2D eigenvalue weighted by molar-refractivity contribution is -0.137. The number of alkyl halides is 5. The standard InChI is InChI=1S/C17H13F5N2O3/c18-16(19)27-14-7-2-1-4-11(14)9-23-24-15(25)10-26-13-6-3-5-12(8-13)17(20,21)22/h1-9,16H,10H2,(H,24,25)/b23-9+. The number of carbonyl (C=O) groups is 1. The minimum absolute atomic E-state index is 0.134. The zero-order valence-electron chi connectivity index (χ0n) is 13.5. The molecule has 10 heteroatoms. The van der Waals surface area contributed by atoms with Gasteiger partial charge in [-0.05, 0) is 30.3 Å². The number of nitrogens with one attached hydrogen (secondary N) is 1. The summed E-state index contributed by atoms with van der Waals surface area (Å²) in [5.74, 6) is -1.03. The highest BCUT2D eigenvalue weighted by Gasteiger charge is 2.30. The lowest BCUT2D eigenvalue weighted by atomic mass is 10.2. The molecular weight excluding hydrogens is 375 g/mol. The first-order valence-electron chi connectivity index (χ1n) is 7.41. The van der Waals surface area contributed by atoms with Crippen molar-refractivity contribution in [2.75, 3.05) is 6.61 Å². The number of halogens is 5. The summed E-state index contributed by atoms with van der Waals surface area (Å²) in [5, 5.41) is 3.57. The second-order valence-electron chi connectivity index (χ2n) is 5.02. The van der Waals surface area contributed by atoms with E-state index in [-0.39, 0.29) is 17.1 Å². The van der Waals surface area contributed by atoms with Crippen molar-refractivity contribution in [3.63, 3.8) is 0 Å². The highest BCUT2D eigenvalue weighted by atomic mass is 19.4. The second kappa shape index (κ2) is 8.97. The van der Waals surface area contributed by atoms with Crippen LogP contribution >= 0.6 is 0 Å². The number of benzene rings is 2. The molecular formula is C17H13F5N2O3. The van der Waals surface area contributed by atoms with Crippen LogP contribution in [0.4, 0.5) is 22.0 Å². The maximum atomic E-state index is 12.6. The predicted octanol–water partition coefficient (Wildman–Crippen LogP) is 3.84. The number of para-hydroxylation sites is 1. The quantitative estimate of drug-likeness (QED) is 0.446. The SMILES string of the molecule is O=C(COc1cccc(C(F)(F)F)c1)N/N=C/c1ccccc1OC(F)F. The molecule has 0 saturated heterocycles. The first-order chi connectivity index (χ1) is 12.8. The molecule has 0 aliphatic carbocycles. The maximum absolute atomic E-state index is 12.6. The van der Waals surface area contributed by atoms with E-state index in [2.05, 4.69) is 15.3 Å². The third-order valence-corrected chi connectivity index (χ3v) is 3.06. The second-order valence-corrected chi connectivity index (χ2v) is 5.02. The van der Waals surface area contributed by atoms with Gasteiger partial charge in [0.1, 0.15) is 11.5 Å². The number of hydrogen-bond donors (Lipinski definition) is 1. The van der Waals surface area contributed by atoms with Crippen LogP contribution in [0.3, 0.4) is 0 Å². The summed E-state index contributed by atoms with van der Waals surface area (Å²) in [6.45, 7) is -3.61. The number of amides is 1. The third-order valence-electron chi connectivity index (χ3n) is 3.06. The molecule has 0 aliphatic heterocycles. The minimum atomic E-state index is -4.53. The van der Waals surface area contributed by atoms with Crippen LogP contribution in [0.2, 0.25) is 0 Å². The Morgan fingerprint density at radius 3 is 2.59 bits per heavy atom. The summed E-state index contributed by atoms with van der Waals surface area (Å²) in [6, 6.07) is 9.82. The van der Waals surface area contributed by atoms with Gasteiger partial charge in [-0.1, -0.05) is 18.2 Å². The molecule has 0 fully saturated rings. The molecule has 1 N–H and O–H groups in total. The van der Waals surface area contributed by atoms with Crippen molar-refractivity contribution in [1.29, 1.82) is 0 Å². The third kappa shape index (κ3) is 6.57. The summed E-state index contributed by atoms with van der Waals surface area (Å²) >= 11 is 0. The topological polar surface area (TPSA) is 59.9 Å². The van der Waals surface area contributed by atoms with Crippen LogP contribution in [-0.4, -0.2) is 25.3 Å². The van der Waals surface area contributed by atoms with Crippen molar-refractivity contribution in [1.82, 2.24) is 5.43 Å². The van der Waals surface area contributed by atoms with Crippen molar-refractivity contribution < 1.29 is 36.2 Å². The van der Waals surface area contributed by atoms with Crippen LogP contribution in [-0.2, 0) is 11.0 Å². The Morgan fingerprint density at radius 1 is 1.15 bits per heavy atom. The molecule has 2 rings (SSSR count). The Labute approximate surface area is 150 Å². The van der Waals surface area contributed by atoms with E-state index in [1.807, 2.05) is 0 Å². The van der Waals surface area contributed by atoms with Gasteiger partial charge in [-0.3, -0.25) is 4.79 Å². The van der Waals surface area contributed by atoms with Gasteiger partial charge in [0.15, 0.2) is 6.61 Å². The van der Waals surface area contributed by atoms with Crippen molar-refractivity contribution >= 4 is 12.1 Å². The fourth-order valence-electron chi connectivity index (χ4n) is 1.91. The molecule has 0 aliphatic rings. The van der Waals surface area contributed by atoms with Crippen LogP contribution in [0.15, 0.2) is 53.6 Å². The van der Waals surface area contributed by atoms with Gasteiger partial charge in [0.2, 0.25) is 0 Å². The molecule has 0 heterocycles. The molecule has 0 atom stereocenters. The minimum Gasteiger partial charge on any atom is -0.484 e. The van der Waals surface area contributed by atoms with Gasteiger partial charge in [0.05, 0.1) is 11.8 Å². The number of hydrazone groups is 1. The maximum Gasteiger partial charge on any atom is 0.416 e. The number of nitrogens with zero attached hydrogens (tertiary/aromatic N) is 1. The average molecular weight is 388 g/mol. The summed E-state index contributed by atoms with van der Waals surface area (Å²) < 4.78 is 71.6. The molecule has 0 aromatic heterocycles. The molecule has 27 heavy (non-hydrogen) atoms. The Kier molecular flexibility index (Phi) is 6.69. The van der Waals surface area contributed by atoms with Crippen molar-refractivity contribution in [3.8, 4) is 11.5 Å². The highest BCUT2D eigenvalue weighted by Crippen LogP contribution is 2.31. The summed E-state index contributed by atoms with van der Waals surface area (Å²) in [5.41, 5.74) is 1.35. The lowest BCUT2D eigenvalue weighted by Crippen LogP contribution is -2.24. The molecule has 0 spiro atoms. The molecule has 0 unspecified atom stereocenters. The molecule has 5 nitrogen and oxygen atoms in total. The Balaban J connectivity index is 1.89. The lowest BCUT2D eigenvalue weighted by Gasteiger charge is -2.09. The van der Waals surface area contributed by atoms with Crippen molar-refractivity contribution in [3.05, 3.63) is 59.7 Å². The number of carbonyl (C=O) groups excluding carboxylic acids is 1. The van der Waals surface area contributed by atoms with Gasteiger partial charge in [-0.2, -0.15) is 27.1 Å². The fourth-order valence-corrected chi connectivity index (χ4v) is 1.91. The molecule has 0 saturated carbocycles. The van der Waals surface area contributed by atoms with Crippen LogP contribution in [0.5, 0.6) is 11.5 Å². The normalized spacial score (nSPS) is 11.6. The van der Waals surface area contributed by atoms with E-state index >= 15 is 0 Å². The predicted molar refractivity (Wildman–Crippen MR) is 85.7 cm³/mol. The molecule has 2 aromatic carbocycles. The highest BCUT2D eigenvalue weighted by molar-refractivity contribution is 5.85. The van der Waals surface area contributed by atoms with Crippen molar-refractivity contribution in [2.24, 2.45) is 5.10 Å². The summed E-state index contributed by atoms with van der Waals surface area (Å²) in [7, 11) is 0. The van der Waals surface area contributed by atoms with Crippen molar-refractivity contribution in [2.45, 2.75) is 12.8 Å². The van der Waals surface area contributed by atoms with E-state index in [4.69, 9.17) is 4.74 Å². The number of hydrogen-bond acceptors (Lipinski definition) is 4. The van der Waals surface area contributed by atoms with E-state index in [1.54, 1.807) is 6.07 Å². The van der Waals surface area contributed by atoms with Gasteiger partial charge in [0, 0.05) is 5.56 Å². The monoisotopic (exact) mass is 388 g/mol. The summed E-state index contributed by atoms with van der Waals surface area (Å²) in [4.78, 5) is 11.6. The molecule has 1 amide bonds. The molecule has 0 bridgehead atoms. The van der Waals surface area contributed by atoms with Crippen LogP contribution in [0.1, 0.15) is 11.1 Å². The Bertz CT molecular complexity index is 809. The number of rotatable bonds is 7. The van der Waals surface area contributed by atoms with E-state index in [9.17, 15) is 26.7 Å². The Morgan fingerprint density at radius 2 is 1.89 bits per heavy atom. The largest absolute Gasteiger partial charge is 0.484 e. The number of ether oxygens (including phenoxy) is 2. The van der Waals surface area contributed by atoms with Crippen LogP contribution in [0, 0.1) is 0 Å². The molecule has 0 radical (unpaired) electrons. The van der Waals surface area contributed by atoms with E-state index < -0.39 is 30.9 Å². The van der Waals surface area contributed by atoms with Gasteiger partial charge >= 0.3 is 12.8 Å². The van der Waals surface area contributed by atoms with E-state index in [0.29, 0.717) is 0 Å². The zero-order chi connectivity index (χ0) is 19.9. The smallest absolute Gasteiger partial charge is 0.416 e. The van der Waals surface area contributed by atoms with E-state index in [1.165, 1.54) is 24.3 Å². The molecule has 144 valence electrons. The van der Waals surface area contributed by atoms with Gasteiger partial charge < -0.3 is 9.47 Å². The zero-order valence-corrected chi connectivity index (χ0v) is 13.5. The fraction of sp³-hybridized carbons (Fsp3) is 0.176. The van der Waals surface area contributed by atoms with Gasteiger partial charge in [0.25, 0.3) is 5.91 Å². The summed E-state index contributed by atoms with van der Waals surface area (Å²) in [6.07, 6.45) is -3.44. The van der Waals surface area contributed by atoms with Gasteiger partial charge in [-0.15, -0.1) is 0 Å². The van der Waals surface area contributed by atoms with E-state index in [0.717, 1.165) is 24.4 Å². The van der Waals surface area contributed by atoms with Crippen LogP contribution in [0.25, 0.3) is 0 Å². The van der Waals surface area contributed by atoms with Crippen LogP contribution < -0.4 is 14.9 Å².